The monoisotopic (exact) mass is 257 g/mol. The number of rotatable bonds is 3. The Morgan fingerprint density at radius 1 is 1.16 bits per heavy atom. The topological polar surface area (TPSA) is 38.7 Å². The summed E-state index contributed by atoms with van der Waals surface area (Å²) in [6.07, 6.45) is 9.38. The van der Waals surface area contributed by atoms with Gasteiger partial charge in [0.25, 0.3) is 0 Å². The molecule has 0 unspecified atom stereocenters. The van der Waals surface area contributed by atoms with Gasteiger partial charge in [0.15, 0.2) is 0 Å². The fourth-order valence-electron chi connectivity index (χ4n) is 3.79. The van der Waals surface area contributed by atoms with Gasteiger partial charge in [-0.15, -0.1) is 0 Å². The molecule has 2 aliphatic rings. The largest absolute Gasteiger partial charge is 0.496 e. The van der Waals surface area contributed by atoms with Crippen molar-refractivity contribution in [2.45, 2.75) is 50.5 Å². The highest BCUT2D eigenvalue weighted by molar-refractivity contribution is 5.52. The van der Waals surface area contributed by atoms with Gasteiger partial charge < -0.3 is 4.74 Å². The van der Waals surface area contributed by atoms with E-state index in [1.807, 2.05) is 12.1 Å². The van der Waals surface area contributed by atoms with Crippen LogP contribution in [0.1, 0.15) is 48.8 Å². The van der Waals surface area contributed by atoms with Crippen molar-refractivity contribution in [2.75, 3.05) is 7.11 Å². The summed E-state index contributed by atoms with van der Waals surface area (Å²) in [6.45, 7) is 0. The number of isocyanates is 1. The summed E-state index contributed by atoms with van der Waals surface area (Å²) >= 11 is 0. The van der Waals surface area contributed by atoms with Gasteiger partial charge in [-0.2, -0.15) is 4.99 Å². The predicted molar refractivity (Wildman–Crippen MR) is 73.3 cm³/mol. The number of fused-ring (bicyclic) bond motifs is 1. The summed E-state index contributed by atoms with van der Waals surface area (Å²) in [6, 6.07) is 4.16. The third-order valence-corrected chi connectivity index (χ3v) is 4.65. The van der Waals surface area contributed by atoms with Crippen molar-refractivity contribution in [2.24, 2.45) is 4.99 Å². The van der Waals surface area contributed by atoms with Gasteiger partial charge in [0.05, 0.1) is 12.6 Å². The molecule has 0 amide bonds. The van der Waals surface area contributed by atoms with E-state index in [9.17, 15) is 4.79 Å². The standard InChI is InChI=1S/C16H19NO2/c1-19-15-8-7-14(12-5-4-6-13(12)15)16(17-11-18)9-2-3-10-16/h7-8H,2-6,9-10H2,1H3. The zero-order valence-electron chi connectivity index (χ0n) is 11.4. The first-order valence-corrected chi connectivity index (χ1v) is 7.09. The zero-order chi connectivity index (χ0) is 13.3. The van der Waals surface area contributed by atoms with Crippen LogP contribution in [0, 0.1) is 0 Å². The van der Waals surface area contributed by atoms with E-state index in [2.05, 4.69) is 11.1 Å². The number of ether oxygens (including phenoxy) is 1. The summed E-state index contributed by atoms with van der Waals surface area (Å²) in [5.74, 6) is 0.986. The average Bonchev–Trinajstić information content (AvgIpc) is 3.07. The molecule has 0 saturated heterocycles. The predicted octanol–water partition coefficient (Wildman–Crippen LogP) is 3.29. The van der Waals surface area contributed by atoms with E-state index < -0.39 is 0 Å². The summed E-state index contributed by atoms with van der Waals surface area (Å²) in [4.78, 5) is 15.1. The van der Waals surface area contributed by atoms with E-state index in [4.69, 9.17) is 4.74 Å². The Bertz CT molecular complexity index is 538. The van der Waals surface area contributed by atoms with E-state index in [0.29, 0.717) is 0 Å². The van der Waals surface area contributed by atoms with Gasteiger partial charge in [-0.1, -0.05) is 18.9 Å². The first kappa shape index (κ1) is 12.4. The van der Waals surface area contributed by atoms with Crippen molar-refractivity contribution in [3.05, 3.63) is 28.8 Å². The van der Waals surface area contributed by atoms with Gasteiger partial charge in [0.2, 0.25) is 6.08 Å². The van der Waals surface area contributed by atoms with Gasteiger partial charge in [-0.3, -0.25) is 0 Å². The van der Waals surface area contributed by atoms with E-state index in [0.717, 1.165) is 44.3 Å². The number of hydrogen-bond acceptors (Lipinski definition) is 3. The molecule has 1 aromatic rings. The van der Waals surface area contributed by atoms with Crippen LogP contribution in [0.3, 0.4) is 0 Å². The zero-order valence-corrected chi connectivity index (χ0v) is 11.4. The summed E-state index contributed by atoms with van der Waals surface area (Å²) < 4.78 is 5.46. The van der Waals surface area contributed by atoms with Crippen LogP contribution in [0.5, 0.6) is 5.75 Å². The van der Waals surface area contributed by atoms with Crippen molar-refractivity contribution >= 4 is 6.08 Å². The van der Waals surface area contributed by atoms with Crippen molar-refractivity contribution in [1.29, 1.82) is 0 Å². The Kier molecular flexibility index (Phi) is 3.16. The normalized spacial score (nSPS) is 19.8. The minimum Gasteiger partial charge on any atom is -0.496 e. The van der Waals surface area contributed by atoms with Gasteiger partial charge >= 0.3 is 0 Å². The van der Waals surface area contributed by atoms with E-state index >= 15 is 0 Å². The molecular formula is C16H19NO2. The Hall–Kier alpha value is -1.60. The number of nitrogens with zero attached hydrogens (tertiary/aromatic N) is 1. The maximum Gasteiger partial charge on any atom is 0.235 e. The molecule has 0 aromatic heterocycles. The third kappa shape index (κ3) is 1.89. The summed E-state index contributed by atoms with van der Waals surface area (Å²) in [5.41, 5.74) is 3.65. The quantitative estimate of drug-likeness (QED) is 0.615. The van der Waals surface area contributed by atoms with Gasteiger partial charge in [0, 0.05) is 0 Å². The van der Waals surface area contributed by atoms with Crippen LogP contribution in [0.2, 0.25) is 0 Å². The van der Waals surface area contributed by atoms with Crippen molar-refractivity contribution < 1.29 is 9.53 Å². The maximum absolute atomic E-state index is 10.8. The van der Waals surface area contributed by atoms with Crippen LogP contribution in [-0.4, -0.2) is 13.2 Å². The second-order valence-electron chi connectivity index (χ2n) is 5.57. The maximum atomic E-state index is 10.8. The SMILES string of the molecule is COc1ccc(C2(N=C=O)CCCC2)c2c1CCC2. The lowest BCUT2D eigenvalue weighted by Gasteiger charge is -2.26. The van der Waals surface area contributed by atoms with Crippen LogP contribution in [0.4, 0.5) is 0 Å². The Morgan fingerprint density at radius 2 is 1.89 bits per heavy atom. The first-order chi connectivity index (χ1) is 9.30. The fraction of sp³-hybridized carbons (Fsp3) is 0.562. The minimum atomic E-state index is -0.303. The first-order valence-electron chi connectivity index (χ1n) is 7.09. The van der Waals surface area contributed by atoms with Crippen LogP contribution in [0.15, 0.2) is 17.1 Å². The molecule has 3 heteroatoms. The van der Waals surface area contributed by atoms with E-state index in [1.165, 1.54) is 23.1 Å². The smallest absolute Gasteiger partial charge is 0.235 e. The van der Waals surface area contributed by atoms with Gasteiger partial charge in [-0.05, 0) is 54.9 Å². The molecule has 19 heavy (non-hydrogen) atoms. The van der Waals surface area contributed by atoms with Crippen molar-refractivity contribution in [3.63, 3.8) is 0 Å². The van der Waals surface area contributed by atoms with Gasteiger partial charge in [-0.25, -0.2) is 4.79 Å². The second kappa shape index (κ2) is 4.82. The number of hydrogen-bond donors (Lipinski definition) is 0. The highest BCUT2D eigenvalue weighted by Crippen LogP contribution is 2.47. The van der Waals surface area contributed by atoms with Crippen LogP contribution in [0.25, 0.3) is 0 Å². The summed E-state index contributed by atoms with van der Waals surface area (Å²) in [5, 5.41) is 0. The lowest BCUT2D eigenvalue weighted by Crippen LogP contribution is -2.21. The molecule has 0 heterocycles. The Balaban J connectivity index is 2.15. The molecule has 0 aliphatic heterocycles. The lowest BCUT2D eigenvalue weighted by atomic mass is 9.84. The molecule has 2 aliphatic carbocycles. The lowest BCUT2D eigenvalue weighted by molar-refractivity contribution is 0.408. The highest BCUT2D eigenvalue weighted by atomic mass is 16.5. The highest BCUT2D eigenvalue weighted by Gasteiger charge is 2.38. The fourth-order valence-corrected chi connectivity index (χ4v) is 3.79. The summed E-state index contributed by atoms with van der Waals surface area (Å²) in [7, 11) is 1.72. The van der Waals surface area contributed by atoms with E-state index in [-0.39, 0.29) is 5.54 Å². The van der Waals surface area contributed by atoms with E-state index in [1.54, 1.807) is 7.11 Å². The molecule has 100 valence electrons. The molecule has 1 aromatic carbocycles. The van der Waals surface area contributed by atoms with Crippen molar-refractivity contribution in [1.82, 2.24) is 0 Å². The molecule has 0 bridgehead atoms. The number of benzene rings is 1. The minimum absolute atomic E-state index is 0.303. The van der Waals surface area contributed by atoms with Crippen LogP contribution < -0.4 is 4.74 Å². The van der Waals surface area contributed by atoms with Crippen LogP contribution in [-0.2, 0) is 23.2 Å². The van der Waals surface area contributed by atoms with Gasteiger partial charge in [0.1, 0.15) is 5.75 Å². The van der Waals surface area contributed by atoms with Crippen molar-refractivity contribution in [3.8, 4) is 5.75 Å². The average molecular weight is 257 g/mol. The number of aliphatic imine (C=N–C) groups is 1. The Labute approximate surface area is 113 Å². The Morgan fingerprint density at radius 3 is 2.58 bits per heavy atom. The molecule has 1 saturated carbocycles. The molecular weight excluding hydrogens is 238 g/mol. The molecule has 0 atom stereocenters. The molecule has 3 rings (SSSR count). The second-order valence-corrected chi connectivity index (χ2v) is 5.57. The van der Waals surface area contributed by atoms with Crippen LogP contribution >= 0.6 is 0 Å². The molecule has 0 spiro atoms. The molecule has 0 N–H and O–H groups in total. The number of carbonyl (C=O) groups excluding carboxylic acids is 1. The molecule has 1 fully saturated rings. The number of methoxy groups -OCH3 is 1. The molecule has 0 radical (unpaired) electrons. The molecule has 3 nitrogen and oxygen atoms in total. The third-order valence-electron chi connectivity index (χ3n) is 4.65.